The maximum absolute atomic E-state index is 11.7. The Morgan fingerprint density at radius 1 is 1.57 bits per heavy atom. The van der Waals surface area contributed by atoms with Crippen LogP contribution in [0.3, 0.4) is 0 Å². The molecular weight excluding hydrogens is 288 g/mol. The number of esters is 1. The zero-order valence-corrected chi connectivity index (χ0v) is 12.6. The Morgan fingerprint density at radius 2 is 2.38 bits per heavy atom. The van der Waals surface area contributed by atoms with Crippen molar-refractivity contribution in [3.63, 3.8) is 0 Å². The van der Waals surface area contributed by atoms with Crippen LogP contribution in [-0.4, -0.2) is 48.6 Å². The minimum Gasteiger partial charge on any atom is -0.468 e. The Balaban J connectivity index is 1.89. The lowest BCUT2D eigenvalue weighted by molar-refractivity contribution is -0.141. The smallest absolute Gasteiger partial charge is 0.321 e. The Bertz CT molecular complexity index is 623. The quantitative estimate of drug-likeness (QED) is 0.843. The number of carbonyl (C=O) groups is 1. The number of nitrogens with zero attached hydrogens (tertiary/aromatic N) is 3. The van der Waals surface area contributed by atoms with Crippen LogP contribution in [0.1, 0.15) is 12.5 Å². The van der Waals surface area contributed by atoms with Gasteiger partial charge in [0.25, 0.3) is 0 Å². The fourth-order valence-electron chi connectivity index (χ4n) is 2.71. The first-order chi connectivity index (χ1) is 10.1. The molecule has 3 rings (SSSR count). The number of methoxy groups -OCH3 is 1. The van der Waals surface area contributed by atoms with Crippen LogP contribution in [0.5, 0.6) is 0 Å². The van der Waals surface area contributed by atoms with Crippen molar-refractivity contribution in [1.82, 2.24) is 4.90 Å². The van der Waals surface area contributed by atoms with E-state index in [9.17, 15) is 4.79 Å². The Morgan fingerprint density at radius 3 is 3.05 bits per heavy atom. The zero-order valence-electron chi connectivity index (χ0n) is 11.8. The molecule has 0 aliphatic carbocycles. The van der Waals surface area contributed by atoms with E-state index in [1.807, 2.05) is 11.4 Å². The molecule has 0 bridgehead atoms. The fourth-order valence-corrected chi connectivity index (χ4v) is 3.36. The molecule has 110 valence electrons. The molecule has 1 aromatic heterocycles. The van der Waals surface area contributed by atoms with Crippen molar-refractivity contribution < 1.29 is 9.53 Å². The van der Waals surface area contributed by atoms with E-state index < -0.39 is 11.9 Å². The van der Waals surface area contributed by atoms with E-state index >= 15 is 0 Å². The molecule has 3 unspecified atom stereocenters. The number of fused-ring (bicyclic) bond motifs is 1. The molecule has 0 fully saturated rings. The standard InChI is InChI=1S/C14H16N4O2S/c1-8-11(9-3-4-21-6-9)17-7-18-12(15)10(14(19)20-2)5-16-13(8)18/h3-6,8,10,13,15H,7H2,1-2H3. The molecule has 7 heteroatoms. The summed E-state index contributed by atoms with van der Waals surface area (Å²) in [5.74, 6) is -0.899. The van der Waals surface area contributed by atoms with E-state index in [2.05, 4.69) is 22.3 Å². The maximum atomic E-state index is 11.7. The lowest BCUT2D eigenvalue weighted by atomic mass is 9.92. The molecule has 0 aromatic carbocycles. The molecule has 0 spiro atoms. The summed E-state index contributed by atoms with van der Waals surface area (Å²) in [6, 6.07) is 2.05. The second kappa shape index (κ2) is 5.40. The van der Waals surface area contributed by atoms with Crippen molar-refractivity contribution in [2.45, 2.75) is 13.1 Å². The fraction of sp³-hybridized carbons (Fsp3) is 0.429. The number of aliphatic imine (C=N–C) groups is 2. The molecule has 6 nitrogen and oxygen atoms in total. The van der Waals surface area contributed by atoms with Gasteiger partial charge >= 0.3 is 5.97 Å². The van der Waals surface area contributed by atoms with Crippen molar-refractivity contribution in [3.05, 3.63) is 22.4 Å². The van der Waals surface area contributed by atoms with Gasteiger partial charge in [0.1, 0.15) is 24.6 Å². The van der Waals surface area contributed by atoms with Crippen LogP contribution in [0, 0.1) is 17.2 Å². The van der Waals surface area contributed by atoms with Gasteiger partial charge in [-0.05, 0) is 16.8 Å². The highest BCUT2D eigenvalue weighted by Crippen LogP contribution is 2.28. The van der Waals surface area contributed by atoms with E-state index in [-0.39, 0.29) is 17.9 Å². The Kier molecular flexibility index (Phi) is 3.59. The highest BCUT2D eigenvalue weighted by Gasteiger charge is 2.40. The van der Waals surface area contributed by atoms with Gasteiger partial charge in [-0.2, -0.15) is 11.3 Å². The predicted octanol–water partition coefficient (Wildman–Crippen LogP) is 1.62. The monoisotopic (exact) mass is 304 g/mol. The number of rotatable bonds is 2. The summed E-state index contributed by atoms with van der Waals surface area (Å²) in [5.41, 5.74) is 2.13. The number of hydrogen-bond acceptors (Lipinski definition) is 6. The van der Waals surface area contributed by atoms with Gasteiger partial charge in [-0.15, -0.1) is 0 Å². The second-order valence-electron chi connectivity index (χ2n) is 5.05. The molecule has 2 aliphatic heterocycles. The summed E-state index contributed by atoms with van der Waals surface area (Å²) in [7, 11) is 1.32. The lowest BCUT2D eigenvalue weighted by Crippen LogP contribution is -2.54. The second-order valence-corrected chi connectivity index (χ2v) is 5.83. The molecule has 0 radical (unpaired) electrons. The number of hydrogen-bond donors (Lipinski definition) is 1. The van der Waals surface area contributed by atoms with E-state index in [1.165, 1.54) is 13.3 Å². The largest absolute Gasteiger partial charge is 0.468 e. The molecule has 1 N–H and O–H groups in total. The summed E-state index contributed by atoms with van der Waals surface area (Å²) in [6.45, 7) is 2.40. The van der Waals surface area contributed by atoms with Gasteiger partial charge < -0.3 is 9.64 Å². The van der Waals surface area contributed by atoms with E-state index in [0.717, 1.165) is 11.3 Å². The van der Waals surface area contributed by atoms with E-state index in [0.29, 0.717) is 6.67 Å². The average Bonchev–Trinajstić information content (AvgIpc) is 3.02. The molecule has 0 saturated carbocycles. The molecule has 21 heavy (non-hydrogen) atoms. The third-order valence-corrected chi connectivity index (χ3v) is 4.54. The number of carbonyl (C=O) groups excluding carboxylic acids is 1. The topological polar surface area (TPSA) is 78.1 Å². The number of thiophene rings is 1. The third kappa shape index (κ3) is 2.27. The van der Waals surface area contributed by atoms with Crippen LogP contribution in [0.15, 0.2) is 26.8 Å². The molecule has 2 aliphatic rings. The van der Waals surface area contributed by atoms with Gasteiger partial charge in [-0.25, -0.2) is 0 Å². The van der Waals surface area contributed by atoms with Crippen LogP contribution in [0.25, 0.3) is 0 Å². The number of amidine groups is 1. The third-order valence-electron chi connectivity index (χ3n) is 3.86. The first-order valence-electron chi connectivity index (χ1n) is 6.66. The van der Waals surface area contributed by atoms with Gasteiger partial charge in [-0.3, -0.25) is 20.2 Å². The van der Waals surface area contributed by atoms with Crippen LogP contribution >= 0.6 is 11.3 Å². The van der Waals surface area contributed by atoms with Gasteiger partial charge in [0, 0.05) is 17.7 Å². The minimum absolute atomic E-state index is 0.0727. The highest BCUT2D eigenvalue weighted by atomic mass is 32.1. The van der Waals surface area contributed by atoms with Crippen molar-refractivity contribution in [3.8, 4) is 0 Å². The van der Waals surface area contributed by atoms with Crippen LogP contribution < -0.4 is 0 Å². The van der Waals surface area contributed by atoms with Crippen molar-refractivity contribution >= 4 is 35.1 Å². The van der Waals surface area contributed by atoms with E-state index in [4.69, 9.17) is 10.1 Å². The summed E-state index contributed by atoms with van der Waals surface area (Å²) >= 11 is 1.64. The normalized spacial score (nSPS) is 28.1. The molecule has 1 aromatic rings. The van der Waals surface area contributed by atoms with Crippen LogP contribution in [-0.2, 0) is 9.53 Å². The van der Waals surface area contributed by atoms with Crippen LogP contribution in [0.4, 0.5) is 0 Å². The number of nitrogens with one attached hydrogen (secondary N) is 1. The summed E-state index contributed by atoms with van der Waals surface area (Å²) < 4.78 is 4.71. The van der Waals surface area contributed by atoms with E-state index in [1.54, 1.807) is 16.2 Å². The van der Waals surface area contributed by atoms with Gasteiger partial charge in [0.05, 0.1) is 12.8 Å². The average molecular weight is 304 g/mol. The Labute approximate surface area is 126 Å². The van der Waals surface area contributed by atoms with Crippen molar-refractivity contribution in [1.29, 1.82) is 5.41 Å². The van der Waals surface area contributed by atoms with Crippen molar-refractivity contribution in [2.24, 2.45) is 21.8 Å². The molecule has 3 heterocycles. The maximum Gasteiger partial charge on any atom is 0.321 e. The zero-order chi connectivity index (χ0) is 15.0. The summed E-state index contributed by atoms with van der Waals surface area (Å²) in [5, 5.41) is 12.3. The van der Waals surface area contributed by atoms with Gasteiger partial charge in [0.2, 0.25) is 0 Å². The molecule has 0 saturated heterocycles. The lowest BCUT2D eigenvalue weighted by Gasteiger charge is -2.41. The Hall–Kier alpha value is -2.02. The van der Waals surface area contributed by atoms with Crippen LogP contribution in [0.2, 0.25) is 0 Å². The van der Waals surface area contributed by atoms with Crippen molar-refractivity contribution in [2.75, 3.05) is 13.8 Å². The first-order valence-corrected chi connectivity index (χ1v) is 7.61. The number of ether oxygens (including phenoxy) is 1. The first kappa shape index (κ1) is 13.9. The SMILES string of the molecule is COC(=O)C1C=NC2C(C)C(c3ccsc3)=NCN2C1=N. The minimum atomic E-state index is -0.726. The molecular formula is C14H16N4O2S. The van der Waals surface area contributed by atoms with Gasteiger partial charge in [0.15, 0.2) is 0 Å². The predicted molar refractivity (Wildman–Crippen MR) is 82.2 cm³/mol. The summed E-state index contributed by atoms with van der Waals surface area (Å²) in [6.07, 6.45) is 1.35. The molecule has 3 atom stereocenters. The van der Waals surface area contributed by atoms with Gasteiger partial charge in [-0.1, -0.05) is 6.92 Å². The molecule has 0 amide bonds. The summed E-state index contributed by atoms with van der Waals surface area (Å²) in [4.78, 5) is 22.5. The highest BCUT2D eigenvalue weighted by molar-refractivity contribution is 7.08.